The number of rotatable bonds is 5. The first-order chi connectivity index (χ1) is 20.5. The summed E-state index contributed by atoms with van der Waals surface area (Å²) in [6.07, 6.45) is 4.80. The van der Waals surface area contributed by atoms with Crippen LogP contribution in [0.1, 0.15) is 40.4 Å². The van der Waals surface area contributed by atoms with Crippen LogP contribution in [0.2, 0.25) is 0 Å². The van der Waals surface area contributed by atoms with Crippen molar-refractivity contribution in [3.63, 3.8) is 0 Å². The number of nitrogens with zero attached hydrogens (tertiary/aromatic N) is 6. The highest BCUT2D eigenvalue weighted by Gasteiger charge is 2.23. The second-order valence-corrected chi connectivity index (χ2v) is 9.91. The monoisotopic (exact) mass is 570 g/mol. The number of anilines is 1. The van der Waals surface area contributed by atoms with Crippen molar-refractivity contribution in [3.05, 3.63) is 123 Å². The Morgan fingerprint density at radius 1 is 0.976 bits per heavy atom. The van der Waals surface area contributed by atoms with Crippen molar-refractivity contribution in [3.8, 4) is 28.9 Å². The van der Waals surface area contributed by atoms with Crippen LogP contribution in [0, 0.1) is 11.8 Å². The molecule has 1 amide bonds. The van der Waals surface area contributed by atoms with Gasteiger partial charge < -0.3 is 11.1 Å². The Morgan fingerprint density at radius 3 is 2.60 bits per heavy atom. The number of pyridine rings is 1. The number of nitrogens with one attached hydrogen (secondary N) is 1. The van der Waals surface area contributed by atoms with Crippen molar-refractivity contribution in [2.24, 2.45) is 0 Å². The number of nitrogens with two attached hydrogens (primary N) is 1. The van der Waals surface area contributed by atoms with Crippen LogP contribution in [0.25, 0.3) is 28.0 Å². The topological polar surface area (TPSA) is 142 Å². The van der Waals surface area contributed by atoms with E-state index in [1.54, 1.807) is 66.6 Å². The van der Waals surface area contributed by atoms with Crippen LogP contribution < -0.4 is 16.6 Å². The number of hydrogen-bond donors (Lipinski definition) is 2. The van der Waals surface area contributed by atoms with Gasteiger partial charge in [0.15, 0.2) is 11.5 Å². The molecule has 10 nitrogen and oxygen atoms in total. The predicted octanol–water partition coefficient (Wildman–Crippen LogP) is 4.17. The smallest absolute Gasteiger partial charge is 0.274 e. The Labute approximate surface area is 244 Å². The summed E-state index contributed by atoms with van der Waals surface area (Å²) in [6.45, 7) is 1.74. The molecule has 0 aliphatic carbocycles. The van der Waals surface area contributed by atoms with Crippen molar-refractivity contribution >= 4 is 34.0 Å². The average Bonchev–Trinajstić information content (AvgIpc) is 3.56. The molecule has 2 aromatic carbocycles. The molecule has 0 aliphatic rings. The third-order valence-electron chi connectivity index (χ3n) is 6.39. The van der Waals surface area contributed by atoms with Crippen LogP contribution in [0.15, 0.2) is 94.9 Å². The maximum absolute atomic E-state index is 14.2. The highest BCUT2D eigenvalue weighted by molar-refractivity contribution is 7.07. The number of carbonyl (C=O) groups is 1. The van der Waals surface area contributed by atoms with Gasteiger partial charge in [-0.1, -0.05) is 36.1 Å². The first-order valence-corrected chi connectivity index (χ1v) is 13.8. The minimum atomic E-state index is -0.718. The van der Waals surface area contributed by atoms with E-state index in [0.717, 1.165) is 5.56 Å². The quantitative estimate of drug-likeness (QED) is 0.294. The molecular weight excluding hydrogens is 548 g/mol. The van der Waals surface area contributed by atoms with Crippen LogP contribution >= 0.6 is 11.3 Å². The molecular formula is C31H22N8O2S. The van der Waals surface area contributed by atoms with E-state index in [4.69, 9.17) is 10.7 Å². The summed E-state index contributed by atoms with van der Waals surface area (Å²) in [5.41, 5.74) is 10.6. The fraction of sp³-hybridized carbons (Fsp3) is 0.0645. The van der Waals surface area contributed by atoms with Crippen molar-refractivity contribution in [1.82, 2.24) is 34.8 Å². The van der Waals surface area contributed by atoms with Crippen molar-refractivity contribution in [2.45, 2.75) is 13.0 Å². The van der Waals surface area contributed by atoms with Gasteiger partial charge in [-0.2, -0.15) is 0 Å². The Bertz CT molecular complexity index is 2030. The predicted molar refractivity (Wildman–Crippen MR) is 161 cm³/mol. The van der Waals surface area contributed by atoms with Gasteiger partial charge in [0, 0.05) is 28.9 Å². The molecule has 6 rings (SSSR count). The van der Waals surface area contributed by atoms with Crippen LogP contribution in [0.5, 0.6) is 0 Å². The Hall–Kier alpha value is -5.73. The largest absolute Gasteiger partial charge is 0.382 e. The summed E-state index contributed by atoms with van der Waals surface area (Å²) in [5.74, 6) is 5.91. The average molecular weight is 571 g/mol. The van der Waals surface area contributed by atoms with Crippen LogP contribution in [-0.4, -0.2) is 35.4 Å². The molecule has 0 fully saturated rings. The summed E-state index contributed by atoms with van der Waals surface area (Å²) >= 11 is 1.40. The highest BCUT2D eigenvalue weighted by atomic mass is 32.1. The first-order valence-electron chi connectivity index (χ1n) is 12.8. The molecule has 6 aromatic rings. The minimum Gasteiger partial charge on any atom is -0.382 e. The number of aromatic nitrogens is 6. The van der Waals surface area contributed by atoms with Gasteiger partial charge >= 0.3 is 0 Å². The standard InChI is InChI=1S/C31H22N8O2S/c1-19(36-30(40)27-28(32)34-16-24(37-27)25-17-42-18-35-25)29-38-23-11-5-8-21(13-12-20-7-6-14-33-15-20)26(23)31(41)39(29)22-9-3-2-4-10-22/h2-11,14-19H,1H3,(H2,32,34)(H,36,40)/t19-/m1/s1. The SMILES string of the molecule is C[C@@H](NC(=O)c1nc(-c2cscn2)cnc1N)c1nc2cccc(C#Cc3cccnc3)c2c(=O)n1-c1ccccc1. The number of benzene rings is 2. The van der Waals surface area contributed by atoms with E-state index in [-0.39, 0.29) is 17.1 Å². The van der Waals surface area contributed by atoms with Gasteiger partial charge in [-0.25, -0.2) is 19.9 Å². The van der Waals surface area contributed by atoms with E-state index >= 15 is 0 Å². The lowest BCUT2D eigenvalue weighted by Gasteiger charge is -2.20. The number of nitrogen functional groups attached to an aromatic ring is 1. The summed E-state index contributed by atoms with van der Waals surface area (Å²) in [6, 6.07) is 17.4. The van der Waals surface area contributed by atoms with Crippen molar-refractivity contribution < 1.29 is 4.79 Å². The zero-order valence-corrected chi connectivity index (χ0v) is 23.0. The second kappa shape index (κ2) is 11.4. The van der Waals surface area contributed by atoms with E-state index < -0.39 is 11.9 Å². The summed E-state index contributed by atoms with van der Waals surface area (Å²) in [7, 11) is 0. The third-order valence-corrected chi connectivity index (χ3v) is 6.97. The summed E-state index contributed by atoms with van der Waals surface area (Å²) in [5, 5.41) is 5.06. The van der Waals surface area contributed by atoms with Crippen LogP contribution in [0.3, 0.4) is 0 Å². The molecule has 204 valence electrons. The van der Waals surface area contributed by atoms with Crippen molar-refractivity contribution in [2.75, 3.05) is 5.73 Å². The molecule has 11 heteroatoms. The third kappa shape index (κ3) is 5.22. The lowest BCUT2D eigenvalue weighted by molar-refractivity contribution is 0.0933. The van der Waals surface area contributed by atoms with Gasteiger partial charge in [-0.3, -0.25) is 19.1 Å². The number of carbonyl (C=O) groups excluding carboxylic acids is 1. The van der Waals surface area contributed by atoms with E-state index in [9.17, 15) is 9.59 Å². The normalized spacial score (nSPS) is 11.5. The molecule has 3 N–H and O–H groups in total. The van der Waals surface area contributed by atoms with Gasteiger partial charge in [-0.05, 0) is 43.3 Å². The number of para-hydroxylation sites is 1. The maximum Gasteiger partial charge on any atom is 0.274 e. The van der Waals surface area contributed by atoms with Crippen LogP contribution in [0.4, 0.5) is 5.82 Å². The highest BCUT2D eigenvalue weighted by Crippen LogP contribution is 2.22. The molecule has 4 heterocycles. The van der Waals surface area contributed by atoms with E-state index in [0.29, 0.717) is 39.4 Å². The lowest BCUT2D eigenvalue weighted by Crippen LogP contribution is -2.34. The molecule has 0 saturated carbocycles. The molecule has 0 radical (unpaired) electrons. The molecule has 4 aromatic heterocycles. The van der Waals surface area contributed by atoms with Crippen LogP contribution in [-0.2, 0) is 0 Å². The Kier molecular flexibility index (Phi) is 7.19. The summed E-state index contributed by atoms with van der Waals surface area (Å²) in [4.78, 5) is 49.3. The zero-order valence-electron chi connectivity index (χ0n) is 22.2. The van der Waals surface area contributed by atoms with Gasteiger partial charge in [0.2, 0.25) is 0 Å². The molecule has 0 saturated heterocycles. The van der Waals surface area contributed by atoms with E-state index in [1.165, 1.54) is 22.1 Å². The Balaban J connectivity index is 1.44. The van der Waals surface area contributed by atoms with Gasteiger partial charge in [0.1, 0.15) is 17.2 Å². The van der Waals surface area contributed by atoms with Crippen molar-refractivity contribution in [1.29, 1.82) is 0 Å². The van der Waals surface area contributed by atoms with Gasteiger partial charge in [0.25, 0.3) is 11.5 Å². The second-order valence-electron chi connectivity index (χ2n) is 9.20. The van der Waals surface area contributed by atoms with Gasteiger partial charge in [-0.15, -0.1) is 11.3 Å². The summed E-state index contributed by atoms with van der Waals surface area (Å²) < 4.78 is 1.49. The molecule has 0 aliphatic heterocycles. The van der Waals surface area contributed by atoms with Gasteiger partial charge in [0.05, 0.1) is 34.3 Å². The fourth-order valence-corrected chi connectivity index (χ4v) is 4.95. The lowest BCUT2D eigenvalue weighted by atomic mass is 10.1. The Morgan fingerprint density at radius 2 is 1.83 bits per heavy atom. The zero-order chi connectivity index (χ0) is 29.1. The van der Waals surface area contributed by atoms with E-state index in [1.807, 2.05) is 24.3 Å². The molecule has 0 unspecified atom stereocenters. The van der Waals surface area contributed by atoms with E-state index in [2.05, 4.69) is 37.1 Å². The maximum atomic E-state index is 14.2. The number of hydrogen-bond acceptors (Lipinski definition) is 9. The minimum absolute atomic E-state index is 0.0255. The molecule has 0 spiro atoms. The fourth-order valence-electron chi connectivity index (χ4n) is 4.40. The molecule has 0 bridgehead atoms. The first kappa shape index (κ1) is 26.5. The number of amides is 1. The number of thiazole rings is 1. The molecule has 1 atom stereocenters. The molecule has 42 heavy (non-hydrogen) atoms. The number of fused-ring (bicyclic) bond motifs is 1.